The van der Waals surface area contributed by atoms with Crippen LogP contribution >= 0.6 is 34.3 Å². The molecule has 9 heteroatoms. The van der Waals surface area contributed by atoms with Crippen molar-refractivity contribution in [3.05, 3.63) is 27.5 Å². The summed E-state index contributed by atoms with van der Waals surface area (Å²) in [5.41, 5.74) is 0.352. The van der Waals surface area contributed by atoms with Crippen molar-refractivity contribution in [1.29, 1.82) is 0 Å². The maximum atomic E-state index is 12.1. The minimum absolute atomic E-state index is 0.00292. The van der Waals surface area contributed by atoms with Crippen LogP contribution in [-0.4, -0.2) is 37.4 Å². The number of nitrogens with one attached hydrogen (secondary N) is 1. The molecule has 1 N–H and O–H groups in total. The molecule has 1 atom stereocenters. The van der Waals surface area contributed by atoms with Crippen molar-refractivity contribution < 1.29 is 13.2 Å². The summed E-state index contributed by atoms with van der Waals surface area (Å²) < 4.78 is 23.4. The summed E-state index contributed by atoms with van der Waals surface area (Å²) >= 11 is 8.69. The van der Waals surface area contributed by atoms with Gasteiger partial charge in [0.1, 0.15) is 10.7 Å². The van der Waals surface area contributed by atoms with Gasteiger partial charge in [-0.3, -0.25) is 4.79 Å². The van der Waals surface area contributed by atoms with E-state index >= 15 is 0 Å². The third kappa shape index (κ3) is 3.68. The van der Waals surface area contributed by atoms with E-state index in [2.05, 4.69) is 10.3 Å². The molecule has 0 radical (unpaired) electrons. The highest BCUT2D eigenvalue weighted by atomic mass is 35.5. The number of amides is 1. The zero-order valence-electron chi connectivity index (χ0n) is 11.4. The molecule has 1 amide bonds. The van der Waals surface area contributed by atoms with Crippen molar-refractivity contribution in [3.8, 4) is 9.88 Å². The largest absolute Gasteiger partial charge is 0.350 e. The van der Waals surface area contributed by atoms with Crippen LogP contribution in [0.1, 0.15) is 16.9 Å². The fourth-order valence-corrected chi connectivity index (χ4v) is 6.06. The smallest absolute Gasteiger partial charge is 0.270 e. The Morgan fingerprint density at radius 3 is 2.91 bits per heavy atom. The Labute approximate surface area is 141 Å². The molecule has 5 nitrogen and oxygen atoms in total. The highest BCUT2D eigenvalue weighted by molar-refractivity contribution is 7.91. The zero-order valence-corrected chi connectivity index (χ0v) is 14.6. The molecule has 0 saturated carbocycles. The quantitative estimate of drug-likeness (QED) is 0.890. The molecule has 1 saturated heterocycles. The Kier molecular flexibility index (Phi) is 4.54. The molecule has 0 aliphatic carbocycles. The normalized spacial score (nSPS) is 20.1. The lowest BCUT2D eigenvalue weighted by atomic mass is 10.1. The van der Waals surface area contributed by atoms with Crippen molar-refractivity contribution in [2.75, 3.05) is 18.1 Å². The fourth-order valence-electron chi connectivity index (χ4n) is 2.28. The SMILES string of the molecule is O=C(NC[C@H]1CCS(=O)(=O)C1)c1csc(-c2ccc(Cl)s2)n1. The summed E-state index contributed by atoms with van der Waals surface area (Å²) in [6.07, 6.45) is 0.610. The number of hydrogen-bond acceptors (Lipinski definition) is 6. The van der Waals surface area contributed by atoms with Gasteiger partial charge in [-0.25, -0.2) is 13.4 Å². The van der Waals surface area contributed by atoms with E-state index < -0.39 is 9.84 Å². The molecule has 0 unspecified atom stereocenters. The predicted molar refractivity (Wildman–Crippen MR) is 89.5 cm³/mol. The van der Waals surface area contributed by atoms with Crippen LogP contribution in [0.4, 0.5) is 0 Å². The standard InChI is InChI=1S/C13H13ClN2O3S3/c14-11-2-1-10(21-11)13-16-9(6-20-13)12(17)15-5-8-3-4-22(18,19)7-8/h1-2,6,8H,3-5,7H2,(H,15,17)/t8-/m1/s1. The number of aromatic nitrogens is 1. The molecule has 118 valence electrons. The number of carbonyl (C=O) groups excluding carboxylic acids is 1. The van der Waals surface area contributed by atoms with Crippen LogP contribution in [0, 0.1) is 5.92 Å². The second-order valence-corrected chi connectivity index (χ2v) is 9.92. The second kappa shape index (κ2) is 6.27. The minimum atomic E-state index is -2.91. The molecular weight excluding hydrogens is 364 g/mol. The summed E-state index contributed by atoms with van der Waals surface area (Å²) in [5, 5.41) is 5.22. The van der Waals surface area contributed by atoms with E-state index in [4.69, 9.17) is 11.6 Å². The second-order valence-electron chi connectivity index (χ2n) is 5.12. The van der Waals surface area contributed by atoms with Crippen molar-refractivity contribution in [3.63, 3.8) is 0 Å². The van der Waals surface area contributed by atoms with Crippen molar-refractivity contribution in [2.24, 2.45) is 5.92 Å². The summed E-state index contributed by atoms with van der Waals surface area (Å²) in [4.78, 5) is 17.3. The maximum Gasteiger partial charge on any atom is 0.270 e. The van der Waals surface area contributed by atoms with E-state index in [1.165, 1.54) is 22.7 Å². The van der Waals surface area contributed by atoms with Crippen molar-refractivity contribution in [1.82, 2.24) is 10.3 Å². The van der Waals surface area contributed by atoms with Crippen molar-refractivity contribution >= 4 is 50.0 Å². The molecule has 3 heterocycles. The van der Waals surface area contributed by atoms with E-state index in [0.29, 0.717) is 23.0 Å². The highest BCUT2D eigenvalue weighted by Gasteiger charge is 2.28. The molecule has 1 aliphatic rings. The predicted octanol–water partition coefficient (Wildman–Crippen LogP) is 2.69. The number of carbonyl (C=O) groups is 1. The first-order chi connectivity index (χ1) is 10.4. The summed E-state index contributed by atoms with van der Waals surface area (Å²) in [6.45, 7) is 0.371. The lowest BCUT2D eigenvalue weighted by Gasteiger charge is -2.08. The maximum absolute atomic E-state index is 12.1. The molecule has 0 aromatic carbocycles. The topological polar surface area (TPSA) is 76.1 Å². The van der Waals surface area contributed by atoms with Crippen LogP contribution in [-0.2, 0) is 9.84 Å². The Bertz CT molecular complexity index is 797. The molecule has 22 heavy (non-hydrogen) atoms. The number of thiazole rings is 1. The van der Waals surface area contributed by atoms with Gasteiger partial charge in [0.15, 0.2) is 9.84 Å². The van der Waals surface area contributed by atoms with E-state index in [0.717, 1.165) is 9.88 Å². The first-order valence-corrected chi connectivity index (χ1v) is 10.5. The molecule has 3 rings (SSSR count). The average Bonchev–Trinajstić information content (AvgIpc) is 3.15. The molecular formula is C13H13ClN2O3S3. The van der Waals surface area contributed by atoms with Gasteiger partial charge in [0, 0.05) is 11.9 Å². The summed E-state index contributed by atoms with van der Waals surface area (Å²) in [7, 11) is -2.91. The third-order valence-corrected chi connectivity index (χ3v) is 7.48. The van der Waals surface area contributed by atoms with Crippen LogP contribution < -0.4 is 5.32 Å². The van der Waals surface area contributed by atoms with Gasteiger partial charge in [0.05, 0.1) is 20.7 Å². The lowest BCUT2D eigenvalue weighted by Crippen LogP contribution is -2.30. The number of rotatable bonds is 4. The highest BCUT2D eigenvalue weighted by Crippen LogP contribution is 2.32. The Balaban J connectivity index is 1.60. The number of halogens is 1. The number of sulfone groups is 1. The molecule has 2 aromatic rings. The monoisotopic (exact) mass is 376 g/mol. The first kappa shape index (κ1) is 15.9. The van der Waals surface area contributed by atoms with Crippen LogP contribution in [0.5, 0.6) is 0 Å². The van der Waals surface area contributed by atoms with Crippen LogP contribution in [0.15, 0.2) is 17.5 Å². The third-order valence-electron chi connectivity index (χ3n) is 3.40. The minimum Gasteiger partial charge on any atom is -0.350 e. The van der Waals surface area contributed by atoms with Gasteiger partial charge < -0.3 is 5.32 Å². The van der Waals surface area contributed by atoms with E-state index in [9.17, 15) is 13.2 Å². The Morgan fingerprint density at radius 2 is 2.27 bits per heavy atom. The molecule has 0 spiro atoms. The van der Waals surface area contributed by atoms with Crippen LogP contribution in [0.3, 0.4) is 0 Å². The Hall–Kier alpha value is -0.960. The number of thiophene rings is 1. The summed E-state index contributed by atoms with van der Waals surface area (Å²) in [5.74, 6) is 0.106. The van der Waals surface area contributed by atoms with E-state index in [1.54, 1.807) is 11.4 Å². The van der Waals surface area contributed by atoms with E-state index in [1.807, 2.05) is 6.07 Å². The van der Waals surface area contributed by atoms with Gasteiger partial charge in [-0.05, 0) is 24.5 Å². The van der Waals surface area contributed by atoms with Crippen LogP contribution in [0.2, 0.25) is 4.34 Å². The average molecular weight is 377 g/mol. The number of hydrogen-bond donors (Lipinski definition) is 1. The Morgan fingerprint density at radius 1 is 1.45 bits per heavy atom. The van der Waals surface area contributed by atoms with Gasteiger partial charge >= 0.3 is 0 Å². The lowest BCUT2D eigenvalue weighted by molar-refractivity contribution is 0.0944. The summed E-state index contributed by atoms with van der Waals surface area (Å²) in [6, 6.07) is 3.67. The van der Waals surface area contributed by atoms with E-state index in [-0.39, 0.29) is 23.3 Å². The molecule has 0 bridgehead atoms. The van der Waals surface area contributed by atoms with Gasteiger partial charge in [0.2, 0.25) is 0 Å². The van der Waals surface area contributed by atoms with Gasteiger partial charge in [-0.15, -0.1) is 22.7 Å². The zero-order chi connectivity index (χ0) is 15.7. The molecule has 1 fully saturated rings. The molecule has 1 aliphatic heterocycles. The first-order valence-electron chi connectivity index (χ1n) is 6.63. The molecule has 2 aromatic heterocycles. The van der Waals surface area contributed by atoms with Crippen molar-refractivity contribution in [2.45, 2.75) is 6.42 Å². The van der Waals surface area contributed by atoms with Gasteiger partial charge in [-0.2, -0.15) is 0 Å². The fraction of sp³-hybridized carbons (Fsp3) is 0.385. The van der Waals surface area contributed by atoms with Gasteiger partial charge in [0.25, 0.3) is 5.91 Å². The van der Waals surface area contributed by atoms with Crippen LogP contribution in [0.25, 0.3) is 9.88 Å². The number of nitrogens with zero attached hydrogens (tertiary/aromatic N) is 1. The van der Waals surface area contributed by atoms with Gasteiger partial charge in [-0.1, -0.05) is 11.6 Å².